The largest absolute Gasteiger partial charge is 0.495 e. The molecule has 0 aliphatic carbocycles. The lowest BCUT2D eigenvalue weighted by molar-refractivity contribution is -0.122. The summed E-state index contributed by atoms with van der Waals surface area (Å²) in [5.41, 5.74) is 2.29. The fourth-order valence-electron chi connectivity index (χ4n) is 3.56. The van der Waals surface area contributed by atoms with Gasteiger partial charge in [0.1, 0.15) is 11.5 Å². The molecule has 3 aromatic carbocycles. The van der Waals surface area contributed by atoms with E-state index in [1.54, 1.807) is 36.4 Å². The van der Waals surface area contributed by atoms with E-state index in [-0.39, 0.29) is 11.6 Å². The molecule has 0 spiro atoms. The number of benzene rings is 3. The number of fused-ring (bicyclic) bond motifs is 1. The Morgan fingerprint density at radius 2 is 1.74 bits per heavy atom. The van der Waals surface area contributed by atoms with E-state index in [1.807, 2.05) is 24.3 Å². The van der Waals surface area contributed by atoms with Gasteiger partial charge in [-0.2, -0.15) is 0 Å². The summed E-state index contributed by atoms with van der Waals surface area (Å²) in [6, 6.07) is 18.6. The Hall–Kier alpha value is -4.05. The van der Waals surface area contributed by atoms with Crippen LogP contribution >= 0.6 is 0 Å². The minimum Gasteiger partial charge on any atom is -0.495 e. The minimum absolute atomic E-state index is 0.196. The second-order valence-electron chi connectivity index (χ2n) is 7.73. The zero-order chi connectivity index (χ0) is 24.3. The molecule has 3 N–H and O–H groups in total. The Morgan fingerprint density at radius 1 is 0.971 bits per heavy atom. The molecule has 2 amide bonds. The molecule has 0 saturated carbocycles. The van der Waals surface area contributed by atoms with Gasteiger partial charge in [-0.15, -0.1) is 0 Å². The molecule has 176 valence electrons. The summed E-state index contributed by atoms with van der Waals surface area (Å²) in [5.74, 6) is 0.265. The maximum absolute atomic E-state index is 12.8. The number of hydrogen-bond acceptors (Lipinski definition) is 6. The average Bonchev–Trinajstić information content (AvgIpc) is 3.23. The van der Waals surface area contributed by atoms with Gasteiger partial charge in [0.15, 0.2) is 6.10 Å². The van der Waals surface area contributed by atoms with E-state index in [4.69, 9.17) is 9.47 Å². The molecule has 0 bridgehead atoms. The highest BCUT2D eigenvalue weighted by Crippen LogP contribution is 2.30. The van der Waals surface area contributed by atoms with Crippen LogP contribution in [0, 0.1) is 0 Å². The van der Waals surface area contributed by atoms with Crippen LogP contribution < -0.4 is 24.8 Å². The van der Waals surface area contributed by atoms with Gasteiger partial charge in [-0.25, -0.2) is 8.42 Å². The van der Waals surface area contributed by atoms with E-state index in [2.05, 4.69) is 15.4 Å². The van der Waals surface area contributed by atoms with E-state index in [0.717, 1.165) is 11.8 Å². The van der Waals surface area contributed by atoms with Crippen LogP contribution in [-0.2, 0) is 21.2 Å². The van der Waals surface area contributed by atoms with Crippen LogP contribution in [-0.4, -0.2) is 39.7 Å². The van der Waals surface area contributed by atoms with E-state index < -0.39 is 22.0 Å². The summed E-state index contributed by atoms with van der Waals surface area (Å²) in [6.07, 6.45) is 0.853. The van der Waals surface area contributed by atoms with Gasteiger partial charge in [0.2, 0.25) is 10.0 Å². The Labute approximate surface area is 197 Å². The first-order valence-electron chi connectivity index (χ1n) is 10.3. The van der Waals surface area contributed by atoms with Crippen molar-refractivity contribution in [3.05, 3.63) is 77.9 Å². The van der Waals surface area contributed by atoms with Crippen molar-refractivity contribution in [1.82, 2.24) is 0 Å². The molecule has 1 atom stereocenters. The van der Waals surface area contributed by atoms with Crippen LogP contribution in [0.4, 0.5) is 17.1 Å². The van der Waals surface area contributed by atoms with Gasteiger partial charge in [0, 0.05) is 23.4 Å². The predicted molar refractivity (Wildman–Crippen MR) is 129 cm³/mol. The first-order valence-corrected chi connectivity index (χ1v) is 12.2. The van der Waals surface area contributed by atoms with E-state index in [1.165, 1.54) is 13.2 Å². The highest BCUT2D eigenvalue weighted by atomic mass is 32.2. The molecule has 1 heterocycles. The minimum atomic E-state index is -3.54. The molecular formula is C24H23N3O6S. The SMILES string of the molecule is COc1ccc(NC(=O)c2cccc(NC(=O)C3Cc4ccccc4O3)c2)cc1NS(C)(=O)=O. The number of hydrogen-bond donors (Lipinski definition) is 3. The molecule has 1 aliphatic heterocycles. The van der Waals surface area contributed by atoms with Crippen LogP contribution in [0.3, 0.4) is 0 Å². The Balaban J connectivity index is 1.44. The maximum Gasteiger partial charge on any atom is 0.265 e. The van der Waals surface area contributed by atoms with Crippen molar-refractivity contribution < 1.29 is 27.5 Å². The highest BCUT2D eigenvalue weighted by molar-refractivity contribution is 7.92. The molecule has 9 nitrogen and oxygen atoms in total. The summed E-state index contributed by atoms with van der Waals surface area (Å²) >= 11 is 0. The average molecular weight is 482 g/mol. The molecule has 10 heteroatoms. The molecule has 0 fully saturated rings. The Bertz CT molecular complexity index is 1330. The Morgan fingerprint density at radius 3 is 2.47 bits per heavy atom. The molecule has 0 aromatic heterocycles. The quantitative estimate of drug-likeness (QED) is 0.476. The zero-order valence-electron chi connectivity index (χ0n) is 18.5. The number of sulfonamides is 1. The summed E-state index contributed by atoms with van der Waals surface area (Å²) in [4.78, 5) is 25.5. The van der Waals surface area contributed by atoms with Gasteiger partial charge < -0.3 is 20.1 Å². The normalized spacial score (nSPS) is 14.5. The van der Waals surface area contributed by atoms with E-state index in [9.17, 15) is 18.0 Å². The lowest BCUT2D eigenvalue weighted by Gasteiger charge is -2.13. The van der Waals surface area contributed by atoms with Gasteiger partial charge in [-0.3, -0.25) is 14.3 Å². The Kier molecular flexibility index (Phi) is 6.42. The zero-order valence-corrected chi connectivity index (χ0v) is 19.3. The van der Waals surface area contributed by atoms with Crippen molar-refractivity contribution in [2.24, 2.45) is 0 Å². The van der Waals surface area contributed by atoms with Gasteiger partial charge in [0.05, 0.1) is 19.1 Å². The van der Waals surface area contributed by atoms with E-state index in [0.29, 0.717) is 34.9 Å². The van der Waals surface area contributed by atoms with Crippen molar-refractivity contribution in [3.63, 3.8) is 0 Å². The lowest BCUT2D eigenvalue weighted by atomic mass is 10.1. The molecule has 0 radical (unpaired) electrons. The van der Waals surface area contributed by atoms with Crippen molar-refractivity contribution in [2.45, 2.75) is 12.5 Å². The number of anilines is 3. The van der Waals surface area contributed by atoms with Crippen LogP contribution in [0.1, 0.15) is 15.9 Å². The second kappa shape index (κ2) is 9.44. The van der Waals surface area contributed by atoms with E-state index >= 15 is 0 Å². The predicted octanol–water partition coefficient (Wildman–Crippen LogP) is 3.26. The molecule has 1 unspecified atom stereocenters. The third-order valence-corrected chi connectivity index (χ3v) is 5.68. The number of carbonyl (C=O) groups excluding carboxylic acids is 2. The first-order chi connectivity index (χ1) is 16.2. The van der Waals surface area contributed by atoms with Crippen LogP contribution in [0.25, 0.3) is 0 Å². The van der Waals surface area contributed by atoms with Crippen LogP contribution in [0.15, 0.2) is 66.7 Å². The molecule has 4 rings (SSSR count). The van der Waals surface area contributed by atoms with Gasteiger partial charge in [-0.05, 0) is 48.0 Å². The van der Waals surface area contributed by atoms with Gasteiger partial charge >= 0.3 is 0 Å². The molecule has 0 saturated heterocycles. The lowest BCUT2D eigenvalue weighted by Crippen LogP contribution is -2.31. The molecule has 1 aliphatic rings. The second-order valence-corrected chi connectivity index (χ2v) is 9.48. The van der Waals surface area contributed by atoms with Crippen LogP contribution in [0.2, 0.25) is 0 Å². The van der Waals surface area contributed by atoms with Crippen molar-refractivity contribution in [1.29, 1.82) is 0 Å². The number of ether oxygens (including phenoxy) is 2. The number of carbonyl (C=O) groups is 2. The van der Waals surface area contributed by atoms with Gasteiger partial charge in [0.25, 0.3) is 11.8 Å². The molecule has 3 aromatic rings. The standard InChI is InChI=1S/C24H23N3O6S/c1-32-21-11-10-18(14-19(21)27-34(2,30)31)25-23(28)16-7-5-8-17(12-16)26-24(29)22-13-15-6-3-4-9-20(15)33-22/h3-12,14,22,27H,13H2,1-2H3,(H,25,28)(H,26,29). The number of amides is 2. The summed E-state index contributed by atoms with van der Waals surface area (Å²) in [6.45, 7) is 0. The van der Waals surface area contributed by atoms with Crippen molar-refractivity contribution in [3.8, 4) is 11.5 Å². The fraction of sp³-hybridized carbons (Fsp3) is 0.167. The number of nitrogens with one attached hydrogen (secondary N) is 3. The monoisotopic (exact) mass is 481 g/mol. The van der Waals surface area contributed by atoms with Crippen molar-refractivity contribution >= 4 is 38.9 Å². The number of methoxy groups -OCH3 is 1. The maximum atomic E-state index is 12.8. The molecular weight excluding hydrogens is 458 g/mol. The third-order valence-electron chi connectivity index (χ3n) is 5.08. The summed E-state index contributed by atoms with van der Waals surface area (Å²) in [7, 11) is -2.13. The fourth-order valence-corrected chi connectivity index (χ4v) is 4.12. The van der Waals surface area contributed by atoms with Gasteiger partial charge in [-0.1, -0.05) is 24.3 Å². The number of para-hydroxylation sites is 1. The third kappa shape index (κ3) is 5.46. The van der Waals surface area contributed by atoms with Crippen LogP contribution in [0.5, 0.6) is 11.5 Å². The topological polar surface area (TPSA) is 123 Å². The summed E-state index contributed by atoms with van der Waals surface area (Å²) in [5, 5.41) is 5.51. The molecule has 34 heavy (non-hydrogen) atoms. The smallest absolute Gasteiger partial charge is 0.265 e. The van der Waals surface area contributed by atoms with Crippen molar-refractivity contribution in [2.75, 3.05) is 28.7 Å². The number of rotatable bonds is 7. The summed E-state index contributed by atoms with van der Waals surface area (Å²) < 4.78 is 36.5. The first kappa shape index (κ1) is 23.1. The highest BCUT2D eigenvalue weighted by Gasteiger charge is 2.28.